The van der Waals surface area contributed by atoms with Gasteiger partial charge in [-0.25, -0.2) is 9.97 Å². The number of aliphatic hydroxyl groups is 1. The van der Waals surface area contributed by atoms with Crippen molar-refractivity contribution >= 4 is 5.78 Å². The molecule has 1 aromatic carbocycles. The monoisotopic (exact) mass is 623 g/mol. The van der Waals surface area contributed by atoms with Crippen LogP contribution in [0.15, 0.2) is 66.8 Å². The average Bonchev–Trinajstić information content (AvgIpc) is 2.74. The summed E-state index contributed by atoms with van der Waals surface area (Å²) in [4.78, 5) is 24.5. The third-order valence-electron chi connectivity index (χ3n) is 4.56. The molecule has 177 valence electrons. The van der Waals surface area contributed by atoms with Gasteiger partial charge in [0.15, 0.2) is 11.6 Å². The van der Waals surface area contributed by atoms with Crippen molar-refractivity contribution < 1.29 is 30.0 Å². The van der Waals surface area contributed by atoms with Crippen LogP contribution in [0.4, 0.5) is 0 Å². The first kappa shape index (κ1) is 28.3. The zero-order valence-corrected chi connectivity index (χ0v) is 22.7. The summed E-state index contributed by atoms with van der Waals surface area (Å²) in [6.45, 7) is 13.1. The van der Waals surface area contributed by atoms with E-state index in [4.69, 9.17) is 0 Å². The molecule has 0 bridgehead atoms. The summed E-state index contributed by atoms with van der Waals surface area (Å²) in [5.41, 5.74) is 3.09. The van der Waals surface area contributed by atoms with E-state index in [-0.39, 0.29) is 37.1 Å². The molecular weight excluding hydrogens is 591 g/mol. The molecule has 2 aromatic heterocycles. The second kappa shape index (κ2) is 12.0. The van der Waals surface area contributed by atoms with Gasteiger partial charge in [0.25, 0.3) is 0 Å². The molecule has 1 N–H and O–H groups in total. The molecule has 0 saturated heterocycles. The van der Waals surface area contributed by atoms with E-state index in [0.29, 0.717) is 5.82 Å². The predicted octanol–water partition coefficient (Wildman–Crippen LogP) is 6.40. The summed E-state index contributed by atoms with van der Waals surface area (Å²) in [5, 5.41) is 9.56. The molecule has 0 atom stereocenters. The number of ketones is 1. The van der Waals surface area contributed by atoms with E-state index in [1.807, 2.05) is 84.9 Å². The summed E-state index contributed by atoms with van der Waals surface area (Å²) in [5.74, 6) is 0.800. The van der Waals surface area contributed by atoms with Gasteiger partial charge in [-0.15, -0.1) is 35.9 Å². The van der Waals surface area contributed by atoms with Gasteiger partial charge >= 0.3 is 0 Å². The molecule has 3 rings (SSSR count). The van der Waals surface area contributed by atoms with Gasteiger partial charge in [-0.2, -0.15) is 0 Å². The first-order chi connectivity index (χ1) is 14.9. The van der Waals surface area contributed by atoms with Crippen LogP contribution in [0.5, 0.6) is 0 Å². The van der Waals surface area contributed by atoms with Crippen molar-refractivity contribution in [2.24, 2.45) is 10.8 Å². The minimum atomic E-state index is -0.417. The Bertz CT molecular complexity index is 1050. The largest absolute Gasteiger partial charge is 0.512 e. The molecular formula is C27H32IrN3O2-. The van der Waals surface area contributed by atoms with E-state index in [9.17, 15) is 9.90 Å². The first-order valence-corrected chi connectivity index (χ1v) is 10.6. The van der Waals surface area contributed by atoms with Gasteiger partial charge in [-0.1, -0.05) is 53.7 Å². The Morgan fingerprint density at radius 3 is 2.00 bits per heavy atom. The average molecular weight is 623 g/mol. The summed E-state index contributed by atoms with van der Waals surface area (Å²) in [7, 11) is 0. The smallest absolute Gasteiger partial charge is 0.164 e. The van der Waals surface area contributed by atoms with Crippen LogP contribution in [0.25, 0.3) is 22.6 Å². The number of carbonyl (C=O) groups excluding carboxylic acids is 1. The van der Waals surface area contributed by atoms with Crippen LogP contribution in [-0.4, -0.2) is 25.8 Å². The second-order valence-electron chi connectivity index (χ2n) is 9.69. The SMILES string of the molecule is CC(C)(C)C(=O)/C=C(\O)C(C)(C)C.Cc1cnc(-c2ccc(-c3[c-]cccc3)nc2)nc1.[Ir]. The van der Waals surface area contributed by atoms with Gasteiger partial charge in [-0.05, 0) is 18.2 Å². The number of hydrogen-bond donors (Lipinski definition) is 1. The van der Waals surface area contributed by atoms with E-state index in [1.165, 1.54) is 6.08 Å². The zero-order valence-electron chi connectivity index (χ0n) is 20.3. The Kier molecular flexibility index (Phi) is 10.3. The fraction of sp³-hybridized carbons (Fsp3) is 0.333. The van der Waals surface area contributed by atoms with E-state index in [1.54, 1.807) is 18.6 Å². The summed E-state index contributed by atoms with van der Waals surface area (Å²) in [6.07, 6.45) is 6.74. The Labute approximate surface area is 210 Å². The number of aromatic nitrogens is 3. The van der Waals surface area contributed by atoms with Crippen LogP contribution in [0, 0.1) is 23.8 Å². The van der Waals surface area contributed by atoms with Crippen molar-refractivity contribution in [3.63, 3.8) is 0 Å². The molecule has 1 radical (unpaired) electrons. The molecule has 3 aromatic rings. The van der Waals surface area contributed by atoms with Crippen molar-refractivity contribution in [3.8, 4) is 22.6 Å². The van der Waals surface area contributed by atoms with E-state index in [2.05, 4.69) is 21.0 Å². The maximum Gasteiger partial charge on any atom is 0.164 e. The Hall–Kier alpha value is -2.69. The number of hydrogen-bond acceptors (Lipinski definition) is 5. The van der Waals surface area contributed by atoms with Gasteiger partial charge in [0, 0.05) is 61.2 Å². The van der Waals surface area contributed by atoms with Gasteiger partial charge in [-0.3, -0.25) is 4.79 Å². The Balaban J connectivity index is 0.000000346. The molecule has 0 aliphatic rings. The number of pyridine rings is 1. The molecule has 0 aliphatic heterocycles. The molecule has 0 amide bonds. The van der Waals surface area contributed by atoms with Crippen LogP contribution in [0.3, 0.4) is 0 Å². The first-order valence-electron chi connectivity index (χ1n) is 10.6. The fourth-order valence-corrected chi connectivity index (χ4v) is 2.34. The van der Waals surface area contributed by atoms with Crippen molar-refractivity contribution in [2.45, 2.75) is 48.5 Å². The number of benzene rings is 1. The van der Waals surface area contributed by atoms with Crippen LogP contribution in [0.2, 0.25) is 0 Å². The fourth-order valence-electron chi connectivity index (χ4n) is 2.34. The van der Waals surface area contributed by atoms with Crippen molar-refractivity contribution in [2.75, 3.05) is 0 Å². The van der Waals surface area contributed by atoms with Crippen LogP contribution in [0.1, 0.15) is 47.1 Å². The van der Waals surface area contributed by atoms with Crippen molar-refractivity contribution in [1.82, 2.24) is 15.0 Å². The van der Waals surface area contributed by atoms with Gasteiger partial charge in [0.1, 0.15) is 5.76 Å². The quantitative estimate of drug-likeness (QED) is 0.208. The molecule has 0 spiro atoms. The number of allylic oxidation sites excluding steroid dienone is 2. The number of carbonyl (C=O) groups is 1. The molecule has 0 aliphatic carbocycles. The normalized spacial score (nSPS) is 11.7. The predicted molar refractivity (Wildman–Crippen MR) is 129 cm³/mol. The Morgan fingerprint density at radius 2 is 1.55 bits per heavy atom. The third kappa shape index (κ3) is 8.99. The second-order valence-corrected chi connectivity index (χ2v) is 9.69. The molecule has 5 nitrogen and oxygen atoms in total. The maximum absolute atomic E-state index is 11.5. The maximum atomic E-state index is 11.5. The van der Waals surface area contributed by atoms with E-state index in [0.717, 1.165) is 22.4 Å². The minimum Gasteiger partial charge on any atom is -0.512 e. The van der Waals surface area contributed by atoms with Gasteiger partial charge < -0.3 is 10.1 Å². The standard InChI is InChI=1S/C16H12N3.C11H20O2.Ir/c1-12-9-18-16(19-10-12)14-7-8-15(17-11-14)13-5-3-2-4-6-13;1-10(2,3)8(12)7-9(13)11(4,5)6;/h2-5,7-11H,1H3;7,12H,1-6H3;/q-1;;/b;8-7-;. The van der Waals surface area contributed by atoms with Crippen LogP contribution >= 0.6 is 0 Å². The zero-order chi connectivity index (χ0) is 23.9. The van der Waals surface area contributed by atoms with E-state index < -0.39 is 5.41 Å². The molecule has 0 fully saturated rings. The summed E-state index contributed by atoms with van der Waals surface area (Å²) in [6, 6.07) is 14.9. The molecule has 0 unspecified atom stereocenters. The summed E-state index contributed by atoms with van der Waals surface area (Å²) < 4.78 is 0. The van der Waals surface area contributed by atoms with Gasteiger partial charge in [0.2, 0.25) is 0 Å². The summed E-state index contributed by atoms with van der Waals surface area (Å²) >= 11 is 0. The van der Waals surface area contributed by atoms with Crippen LogP contribution in [-0.2, 0) is 24.9 Å². The van der Waals surface area contributed by atoms with Crippen LogP contribution < -0.4 is 0 Å². The van der Waals surface area contributed by atoms with Crippen molar-refractivity contribution in [1.29, 1.82) is 0 Å². The Morgan fingerprint density at radius 1 is 0.909 bits per heavy atom. The topological polar surface area (TPSA) is 76.0 Å². The molecule has 33 heavy (non-hydrogen) atoms. The molecule has 0 saturated carbocycles. The number of aryl methyl sites for hydroxylation is 1. The number of nitrogens with zero attached hydrogens (tertiary/aromatic N) is 3. The third-order valence-corrected chi connectivity index (χ3v) is 4.56. The van der Waals surface area contributed by atoms with E-state index >= 15 is 0 Å². The molecule has 6 heteroatoms. The number of aliphatic hydroxyl groups excluding tert-OH is 1. The van der Waals surface area contributed by atoms with Crippen molar-refractivity contribution in [3.05, 3.63) is 78.5 Å². The minimum absolute atomic E-state index is 0. The molecule has 2 heterocycles. The number of rotatable bonds is 3. The van der Waals surface area contributed by atoms with Gasteiger partial charge in [0.05, 0.1) is 0 Å².